The number of nitrogens with zero attached hydrogens (tertiary/aromatic N) is 3. The minimum Gasteiger partial charge on any atom is -0.264 e. The van der Waals surface area contributed by atoms with Gasteiger partial charge in [0.1, 0.15) is 6.33 Å². The van der Waals surface area contributed by atoms with E-state index < -0.39 is 0 Å². The fraction of sp³-hybridized carbons (Fsp3) is 0.133. The SMILES string of the molecule is C1=Cc2ccncc2C1.C1=Cc2cncnc2C1. The Labute approximate surface area is 106 Å². The van der Waals surface area contributed by atoms with Crippen LogP contribution in [0.15, 0.2) is 43.1 Å². The van der Waals surface area contributed by atoms with Gasteiger partial charge in [0, 0.05) is 30.6 Å². The van der Waals surface area contributed by atoms with Crippen LogP contribution in [0.5, 0.6) is 0 Å². The summed E-state index contributed by atoms with van der Waals surface area (Å²) in [5.74, 6) is 0. The maximum absolute atomic E-state index is 4.09. The number of rotatable bonds is 0. The summed E-state index contributed by atoms with van der Waals surface area (Å²) in [6, 6.07) is 2.04. The molecule has 0 fully saturated rings. The zero-order valence-electron chi connectivity index (χ0n) is 9.95. The first kappa shape index (κ1) is 10.8. The summed E-state index contributed by atoms with van der Waals surface area (Å²) in [6.07, 6.45) is 17.7. The molecule has 2 aromatic rings. The van der Waals surface area contributed by atoms with Gasteiger partial charge in [-0.05, 0) is 23.6 Å². The van der Waals surface area contributed by atoms with Crippen molar-refractivity contribution in [2.45, 2.75) is 12.8 Å². The van der Waals surface area contributed by atoms with Gasteiger partial charge in [0.25, 0.3) is 0 Å². The Bertz CT molecular complexity index is 559. The van der Waals surface area contributed by atoms with Crippen molar-refractivity contribution in [2.75, 3.05) is 0 Å². The molecular weight excluding hydrogens is 222 g/mol. The smallest absolute Gasteiger partial charge is 0.115 e. The van der Waals surface area contributed by atoms with Gasteiger partial charge < -0.3 is 0 Å². The molecule has 0 saturated heterocycles. The molecule has 2 aliphatic rings. The first-order valence-corrected chi connectivity index (χ1v) is 5.98. The predicted molar refractivity (Wildman–Crippen MR) is 71.7 cm³/mol. The minimum atomic E-state index is 0.970. The van der Waals surface area contributed by atoms with Crippen LogP contribution in [0.1, 0.15) is 22.4 Å². The first-order chi connectivity index (χ1) is 8.93. The van der Waals surface area contributed by atoms with Crippen molar-refractivity contribution in [1.29, 1.82) is 0 Å². The Hall–Kier alpha value is -2.29. The van der Waals surface area contributed by atoms with Crippen LogP contribution in [0.4, 0.5) is 0 Å². The van der Waals surface area contributed by atoms with Crippen LogP contribution < -0.4 is 0 Å². The highest BCUT2D eigenvalue weighted by molar-refractivity contribution is 5.58. The number of fused-ring (bicyclic) bond motifs is 2. The molecule has 88 valence electrons. The van der Waals surface area contributed by atoms with Gasteiger partial charge in [0.05, 0.1) is 5.69 Å². The summed E-state index contributed by atoms with van der Waals surface area (Å²) in [5, 5.41) is 0. The average molecular weight is 235 g/mol. The van der Waals surface area contributed by atoms with Crippen molar-refractivity contribution in [2.24, 2.45) is 0 Å². The van der Waals surface area contributed by atoms with E-state index in [0.717, 1.165) is 24.1 Å². The fourth-order valence-corrected chi connectivity index (χ4v) is 2.06. The van der Waals surface area contributed by atoms with E-state index in [9.17, 15) is 0 Å². The summed E-state index contributed by atoms with van der Waals surface area (Å²) in [6.45, 7) is 0. The van der Waals surface area contributed by atoms with Crippen molar-refractivity contribution in [1.82, 2.24) is 15.0 Å². The third-order valence-corrected chi connectivity index (χ3v) is 3.01. The zero-order chi connectivity index (χ0) is 12.2. The Kier molecular flexibility index (Phi) is 2.96. The van der Waals surface area contributed by atoms with E-state index in [0.29, 0.717) is 0 Å². The summed E-state index contributed by atoms with van der Waals surface area (Å²) < 4.78 is 0. The zero-order valence-corrected chi connectivity index (χ0v) is 9.95. The number of pyridine rings is 1. The summed E-state index contributed by atoms with van der Waals surface area (Å²) >= 11 is 0. The molecule has 2 aromatic heterocycles. The third-order valence-electron chi connectivity index (χ3n) is 3.01. The van der Waals surface area contributed by atoms with Crippen molar-refractivity contribution in [3.8, 4) is 0 Å². The maximum atomic E-state index is 4.09. The van der Waals surface area contributed by atoms with Crippen LogP contribution >= 0.6 is 0 Å². The molecule has 3 nitrogen and oxygen atoms in total. The van der Waals surface area contributed by atoms with E-state index in [-0.39, 0.29) is 0 Å². The molecule has 2 aliphatic carbocycles. The fourth-order valence-electron chi connectivity index (χ4n) is 2.06. The normalized spacial score (nSPS) is 13.8. The molecule has 0 bridgehead atoms. The molecule has 0 unspecified atom stereocenters. The number of allylic oxidation sites excluding steroid dienone is 2. The van der Waals surface area contributed by atoms with Crippen LogP contribution in [0.2, 0.25) is 0 Å². The second-order valence-corrected chi connectivity index (χ2v) is 4.21. The molecule has 0 radical (unpaired) electrons. The highest BCUT2D eigenvalue weighted by Crippen LogP contribution is 2.16. The standard InChI is InChI=1S/C8H7N.C7H6N2/c1-2-7-4-5-9-6-8(7)3-1;1-2-6-4-8-5-9-7(6)3-1/h1-2,4-6H,3H2;1-2,4-5H,3H2. The largest absolute Gasteiger partial charge is 0.264 e. The molecule has 2 heterocycles. The number of aromatic nitrogens is 3. The maximum Gasteiger partial charge on any atom is 0.115 e. The molecule has 0 aliphatic heterocycles. The Morgan fingerprint density at radius 2 is 1.78 bits per heavy atom. The van der Waals surface area contributed by atoms with Gasteiger partial charge in [-0.25, -0.2) is 9.97 Å². The third kappa shape index (κ3) is 2.20. The molecule has 3 heteroatoms. The van der Waals surface area contributed by atoms with Gasteiger partial charge in [0.2, 0.25) is 0 Å². The molecule has 0 saturated carbocycles. The second-order valence-electron chi connectivity index (χ2n) is 4.21. The number of hydrogen-bond donors (Lipinski definition) is 0. The van der Waals surface area contributed by atoms with E-state index >= 15 is 0 Å². The van der Waals surface area contributed by atoms with Crippen molar-refractivity contribution in [3.05, 3.63) is 65.5 Å². The van der Waals surface area contributed by atoms with Gasteiger partial charge in [-0.2, -0.15) is 0 Å². The van der Waals surface area contributed by atoms with Gasteiger partial charge >= 0.3 is 0 Å². The molecule has 0 amide bonds. The first-order valence-electron chi connectivity index (χ1n) is 5.98. The topological polar surface area (TPSA) is 38.7 Å². The van der Waals surface area contributed by atoms with Gasteiger partial charge in [0.15, 0.2) is 0 Å². The van der Waals surface area contributed by atoms with Crippen LogP contribution in [0.25, 0.3) is 12.2 Å². The Morgan fingerprint density at radius 3 is 2.67 bits per heavy atom. The predicted octanol–water partition coefficient (Wildman–Crippen LogP) is 2.70. The lowest BCUT2D eigenvalue weighted by atomic mass is 10.2. The lowest BCUT2D eigenvalue weighted by Gasteiger charge is -1.92. The molecule has 0 spiro atoms. The highest BCUT2D eigenvalue weighted by atomic mass is 14.8. The van der Waals surface area contributed by atoms with Crippen molar-refractivity contribution < 1.29 is 0 Å². The molecule has 18 heavy (non-hydrogen) atoms. The Balaban J connectivity index is 0.000000111. The van der Waals surface area contributed by atoms with E-state index in [1.54, 1.807) is 6.33 Å². The minimum absolute atomic E-state index is 0.970. The summed E-state index contributed by atoms with van der Waals surface area (Å²) in [5.41, 5.74) is 4.98. The molecule has 0 aromatic carbocycles. The van der Waals surface area contributed by atoms with E-state index in [4.69, 9.17) is 0 Å². The van der Waals surface area contributed by atoms with Crippen molar-refractivity contribution in [3.63, 3.8) is 0 Å². The van der Waals surface area contributed by atoms with E-state index in [2.05, 4.69) is 39.3 Å². The van der Waals surface area contributed by atoms with E-state index in [1.807, 2.05) is 24.7 Å². The van der Waals surface area contributed by atoms with E-state index in [1.165, 1.54) is 11.1 Å². The van der Waals surface area contributed by atoms with Crippen LogP contribution in [-0.2, 0) is 12.8 Å². The average Bonchev–Trinajstić information content (AvgIpc) is 3.08. The van der Waals surface area contributed by atoms with Gasteiger partial charge in [-0.15, -0.1) is 0 Å². The summed E-state index contributed by atoms with van der Waals surface area (Å²) in [7, 11) is 0. The highest BCUT2D eigenvalue weighted by Gasteiger charge is 2.03. The van der Waals surface area contributed by atoms with Crippen LogP contribution in [0, 0.1) is 0 Å². The second kappa shape index (κ2) is 4.92. The van der Waals surface area contributed by atoms with Crippen LogP contribution in [-0.4, -0.2) is 15.0 Å². The summed E-state index contributed by atoms with van der Waals surface area (Å²) in [4.78, 5) is 12.0. The van der Waals surface area contributed by atoms with Crippen molar-refractivity contribution >= 4 is 12.2 Å². The quantitative estimate of drug-likeness (QED) is 0.704. The molecule has 4 rings (SSSR count). The lowest BCUT2D eigenvalue weighted by molar-refractivity contribution is 1.06. The molecular formula is C15H13N3. The monoisotopic (exact) mass is 235 g/mol. The number of hydrogen-bond acceptors (Lipinski definition) is 3. The van der Waals surface area contributed by atoms with Gasteiger partial charge in [-0.1, -0.05) is 24.3 Å². The van der Waals surface area contributed by atoms with Gasteiger partial charge in [-0.3, -0.25) is 4.98 Å². The molecule has 0 N–H and O–H groups in total. The Morgan fingerprint density at radius 1 is 0.889 bits per heavy atom. The molecule has 0 atom stereocenters. The lowest BCUT2D eigenvalue weighted by Crippen LogP contribution is -1.86. The van der Waals surface area contributed by atoms with Crippen LogP contribution in [0.3, 0.4) is 0 Å².